The summed E-state index contributed by atoms with van der Waals surface area (Å²) in [7, 11) is 0. The molecule has 0 aliphatic rings. The monoisotopic (exact) mass is 264 g/mol. The van der Waals surface area contributed by atoms with E-state index in [1.165, 1.54) is 0 Å². The number of nitrogens with zero attached hydrogens (tertiary/aromatic N) is 2. The van der Waals surface area contributed by atoms with E-state index in [-0.39, 0.29) is 12.4 Å². The van der Waals surface area contributed by atoms with E-state index in [0.29, 0.717) is 0 Å². The van der Waals surface area contributed by atoms with Crippen LogP contribution in [0.4, 0.5) is 5.82 Å². The van der Waals surface area contributed by atoms with Gasteiger partial charge in [0.25, 0.3) is 0 Å². The molecular formula is C15H24N2O2. The average Bonchev–Trinajstić information content (AvgIpc) is 2.30. The number of pyridine rings is 1. The molecule has 0 aliphatic heterocycles. The number of rotatable bonds is 5. The number of hydrogen-bond donors (Lipinski definition) is 0. The second kappa shape index (κ2) is 6.55. The van der Waals surface area contributed by atoms with Crippen LogP contribution in [-0.4, -0.2) is 29.6 Å². The number of anilines is 1. The van der Waals surface area contributed by atoms with Crippen molar-refractivity contribution in [3.05, 3.63) is 23.9 Å². The summed E-state index contributed by atoms with van der Waals surface area (Å²) >= 11 is 0. The first-order valence-electron chi connectivity index (χ1n) is 6.77. The maximum Gasteiger partial charge on any atom is 0.310 e. The zero-order valence-corrected chi connectivity index (χ0v) is 12.6. The van der Waals surface area contributed by atoms with Crippen LogP contribution in [0.5, 0.6) is 0 Å². The number of carbonyl (C=O) groups is 1. The molecule has 0 amide bonds. The summed E-state index contributed by atoms with van der Waals surface area (Å²) in [6.07, 6.45) is 2.01. The number of aromatic nitrogens is 1. The summed E-state index contributed by atoms with van der Waals surface area (Å²) in [5.41, 5.74) is 0.441. The Hall–Kier alpha value is -1.58. The lowest BCUT2D eigenvalue weighted by molar-refractivity contribution is -0.153. The van der Waals surface area contributed by atoms with Gasteiger partial charge in [-0.25, -0.2) is 4.98 Å². The summed E-state index contributed by atoms with van der Waals surface area (Å²) in [5, 5.41) is 0. The first kappa shape index (κ1) is 15.5. The summed E-state index contributed by atoms with van der Waals surface area (Å²) in [6.45, 7) is 11.6. The maximum atomic E-state index is 11.7. The number of ether oxygens (including phenoxy) is 1. The highest BCUT2D eigenvalue weighted by Crippen LogP contribution is 2.13. The third kappa shape index (κ3) is 5.28. The lowest BCUT2D eigenvalue weighted by atomic mass is 10.1. The predicted molar refractivity (Wildman–Crippen MR) is 77.3 cm³/mol. The molecule has 0 atom stereocenters. The highest BCUT2D eigenvalue weighted by Gasteiger charge is 2.16. The number of esters is 1. The molecule has 19 heavy (non-hydrogen) atoms. The highest BCUT2D eigenvalue weighted by atomic mass is 16.6. The molecule has 1 aromatic heterocycles. The Morgan fingerprint density at radius 1 is 1.26 bits per heavy atom. The van der Waals surface area contributed by atoms with Gasteiger partial charge in [0.1, 0.15) is 11.4 Å². The minimum Gasteiger partial charge on any atom is -0.460 e. The Labute approximate surface area is 115 Å². The highest BCUT2D eigenvalue weighted by molar-refractivity contribution is 5.73. The van der Waals surface area contributed by atoms with E-state index in [2.05, 4.69) is 23.7 Å². The summed E-state index contributed by atoms with van der Waals surface area (Å²) in [4.78, 5) is 18.3. The van der Waals surface area contributed by atoms with Crippen molar-refractivity contribution >= 4 is 11.8 Å². The Balaban J connectivity index is 2.64. The standard InChI is InChI=1S/C15H24N2O2/c1-6-17(7-2)13-9-8-12(11-16-13)10-14(18)19-15(3,4)5/h8-9,11H,6-7,10H2,1-5H3. The number of carbonyl (C=O) groups excluding carboxylic acids is 1. The molecule has 0 bridgehead atoms. The Kier molecular flexibility index (Phi) is 5.33. The molecule has 106 valence electrons. The van der Waals surface area contributed by atoms with Crippen LogP contribution in [0.15, 0.2) is 18.3 Å². The smallest absolute Gasteiger partial charge is 0.310 e. The van der Waals surface area contributed by atoms with E-state index in [4.69, 9.17) is 4.74 Å². The van der Waals surface area contributed by atoms with Crippen molar-refractivity contribution in [2.24, 2.45) is 0 Å². The van der Waals surface area contributed by atoms with Gasteiger partial charge in [0, 0.05) is 19.3 Å². The molecular weight excluding hydrogens is 240 g/mol. The van der Waals surface area contributed by atoms with Crippen LogP contribution < -0.4 is 4.90 Å². The second-order valence-corrected chi connectivity index (χ2v) is 5.46. The van der Waals surface area contributed by atoms with Crippen LogP contribution in [0.1, 0.15) is 40.2 Å². The molecule has 0 aliphatic carbocycles. The van der Waals surface area contributed by atoms with Crippen molar-refractivity contribution in [3.63, 3.8) is 0 Å². The van der Waals surface area contributed by atoms with Crippen molar-refractivity contribution in [1.29, 1.82) is 0 Å². The maximum absolute atomic E-state index is 11.7. The van der Waals surface area contributed by atoms with E-state index in [1.54, 1.807) is 6.20 Å². The molecule has 1 rings (SSSR count). The molecule has 0 saturated heterocycles. The van der Waals surface area contributed by atoms with Crippen molar-refractivity contribution in [3.8, 4) is 0 Å². The Morgan fingerprint density at radius 3 is 2.32 bits per heavy atom. The second-order valence-electron chi connectivity index (χ2n) is 5.46. The number of hydrogen-bond acceptors (Lipinski definition) is 4. The molecule has 0 saturated carbocycles. The summed E-state index contributed by atoms with van der Waals surface area (Å²) < 4.78 is 5.28. The minimum absolute atomic E-state index is 0.218. The quantitative estimate of drug-likeness (QED) is 0.767. The van der Waals surface area contributed by atoms with Gasteiger partial charge in [0.05, 0.1) is 6.42 Å². The molecule has 0 spiro atoms. The molecule has 0 fully saturated rings. The van der Waals surface area contributed by atoms with Gasteiger partial charge in [-0.15, -0.1) is 0 Å². The van der Waals surface area contributed by atoms with Crippen LogP contribution in [0.25, 0.3) is 0 Å². The van der Waals surface area contributed by atoms with Crippen LogP contribution in [0.3, 0.4) is 0 Å². The molecule has 1 aromatic rings. The molecule has 0 radical (unpaired) electrons. The van der Waals surface area contributed by atoms with E-state index in [1.807, 2.05) is 32.9 Å². The third-order valence-corrected chi connectivity index (χ3v) is 2.67. The van der Waals surface area contributed by atoms with E-state index in [9.17, 15) is 4.79 Å². The zero-order valence-electron chi connectivity index (χ0n) is 12.6. The molecule has 0 aromatic carbocycles. The van der Waals surface area contributed by atoms with Gasteiger partial charge < -0.3 is 9.64 Å². The molecule has 0 N–H and O–H groups in total. The summed E-state index contributed by atoms with van der Waals surface area (Å²) in [5.74, 6) is 0.725. The van der Waals surface area contributed by atoms with Crippen LogP contribution in [-0.2, 0) is 16.0 Å². The Bertz CT molecular complexity index is 403. The van der Waals surface area contributed by atoms with Crippen LogP contribution in [0.2, 0.25) is 0 Å². The van der Waals surface area contributed by atoms with Gasteiger partial charge in [-0.1, -0.05) is 6.07 Å². The van der Waals surface area contributed by atoms with Gasteiger partial charge in [-0.05, 0) is 46.2 Å². The van der Waals surface area contributed by atoms with Gasteiger partial charge in [-0.3, -0.25) is 4.79 Å². The van der Waals surface area contributed by atoms with E-state index in [0.717, 1.165) is 24.5 Å². The zero-order chi connectivity index (χ0) is 14.5. The fraction of sp³-hybridized carbons (Fsp3) is 0.600. The molecule has 4 nitrogen and oxygen atoms in total. The summed E-state index contributed by atoms with van der Waals surface area (Å²) in [6, 6.07) is 3.89. The van der Waals surface area contributed by atoms with Crippen molar-refractivity contribution in [1.82, 2.24) is 4.98 Å². The lowest BCUT2D eigenvalue weighted by Crippen LogP contribution is -2.25. The van der Waals surface area contributed by atoms with E-state index >= 15 is 0 Å². The minimum atomic E-state index is -0.439. The van der Waals surface area contributed by atoms with E-state index < -0.39 is 5.60 Å². The molecule has 1 heterocycles. The van der Waals surface area contributed by atoms with Gasteiger partial charge >= 0.3 is 5.97 Å². The van der Waals surface area contributed by atoms with Crippen molar-refractivity contribution < 1.29 is 9.53 Å². The van der Waals surface area contributed by atoms with Crippen LogP contribution >= 0.6 is 0 Å². The van der Waals surface area contributed by atoms with Gasteiger partial charge in [0.2, 0.25) is 0 Å². The third-order valence-electron chi connectivity index (χ3n) is 2.67. The molecule has 0 unspecified atom stereocenters. The van der Waals surface area contributed by atoms with Gasteiger partial charge in [-0.2, -0.15) is 0 Å². The largest absolute Gasteiger partial charge is 0.460 e. The normalized spacial score (nSPS) is 11.2. The van der Waals surface area contributed by atoms with Crippen LogP contribution in [0, 0.1) is 0 Å². The van der Waals surface area contributed by atoms with Crippen molar-refractivity contribution in [2.75, 3.05) is 18.0 Å². The molecule has 4 heteroatoms. The topological polar surface area (TPSA) is 42.4 Å². The predicted octanol–water partition coefficient (Wildman–Crippen LogP) is 2.81. The first-order valence-corrected chi connectivity index (χ1v) is 6.77. The lowest BCUT2D eigenvalue weighted by Gasteiger charge is -2.20. The SMILES string of the molecule is CCN(CC)c1ccc(CC(=O)OC(C)(C)C)cn1. The fourth-order valence-electron chi connectivity index (χ4n) is 1.80. The van der Waals surface area contributed by atoms with Crippen molar-refractivity contribution in [2.45, 2.75) is 46.6 Å². The fourth-order valence-corrected chi connectivity index (χ4v) is 1.80. The van der Waals surface area contributed by atoms with Gasteiger partial charge in [0.15, 0.2) is 0 Å². The Morgan fingerprint density at radius 2 is 1.89 bits per heavy atom. The average molecular weight is 264 g/mol. The first-order chi connectivity index (χ1) is 8.85.